The van der Waals surface area contributed by atoms with Crippen LogP contribution in [-0.2, 0) is 19.0 Å². The van der Waals surface area contributed by atoms with Crippen molar-refractivity contribution in [3.63, 3.8) is 0 Å². The molecule has 0 saturated heterocycles. The van der Waals surface area contributed by atoms with Gasteiger partial charge in [-0.25, -0.2) is 0 Å². The summed E-state index contributed by atoms with van der Waals surface area (Å²) in [6.45, 7) is 6.80. The highest BCUT2D eigenvalue weighted by molar-refractivity contribution is 5.86. The SMILES string of the molecule is COCO[C@@H]1CC(O)C(=O)[C@H](C)C23CC[C@@H](C)[C@]1(C)C2[C@H](OC)CC3. The van der Waals surface area contributed by atoms with E-state index in [9.17, 15) is 9.90 Å². The van der Waals surface area contributed by atoms with Crippen molar-refractivity contribution in [3.05, 3.63) is 0 Å². The van der Waals surface area contributed by atoms with Gasteiger partial charge in [-0.3, -0.25) is 4.79 Å². The van der Waals surface area contributed by atoms with Crippen molar-refractivity contribution in [1.29, 1.82) is 0 Å². The molecule has 8 atom stereocenters. The zero-order valence-electron chi connectivity index (χ0n) is 16.3. The van der Waals surface area contributed by atoms with Crippen LogP contribution in [0.15, 0.2) is 0 Å². The maximum atomic E-state index is 13.0. The third-order valence-electron chi connectivity index (χ3n) is 8.10. The maximum absolute atomic E-state index is 13.0. The molecular formula is C20H34O5. The Morgan fingerprint density at radius 3 is 2.52 bits per heavy atom. The molecular weight excluding hydrogens is 320 g/mol. The van der Waals surface area contributed by atoms with Crippen LogP contribution in [-0.4, -0.2) is 50.2 Å². The van der Waals surface area contributed by atoms with Gasteiger partial charge in [-0.1, -0.05) is 20.8 Å². The van der Waals surface area contributed by atoms with E-state index in [-0.39, 0.29) is 47.4 Å². The van der Waals surface area contributed by atoms with E-state index in [0.717, 1.165) is 25.7 Å². The van der Waals surface area contributed by atoms with Gasteiger partial charge >= 0.3 is 0 Å². The van der Waals surface area contributed by atoms with E-state index in [0.29, 0.717) is 12.3 Å². The van der Waals surface area contributed by atoms with Gasteiger partial charge in [0.15, 0.2) is 5.78 Å². The monoisotopic (exact) mass is 354 g/mol. The minimum atomic E-state index is -0.957. The molecule has 0 heterocycles. The summed E-state index contributed by atoms with van der Waals surface area (Å²) in [5.74, 6) is 0.546. The molecule has 0 aliphatic heterocycles. The Balaban J connectivity index is 2.12. The lowest BCUT2D eigenvalue weighted by molar-refractivity contribution is -0.217. The van der Waals surface area contributed by atoms with E-state index < -0.39 is 6.10 Å². The molecule has 1 N–H and O–H groups in total. The lowest BCUT2D eigenvalue weighted by atomic mass is 9.45. The predicted octanol–water partition coefficient (Wildman–Crippen LogP) is 2.79. The van der Waals surface area contributed by atoms with Crippen molar-refractivity contribution in [1.82, 2.24) is 0 Å². The predicted molar refractivity (Wildman–Crippen MR) is 94.0 cm³/mol. The van der Waals surface area contributed by atoms with Crippen LogP contribution in [0.5, 0.6) is 0 Å². The van der Waals surface area contributed by atoms with E-state index in [4.69, 9.17) is 14.2 Å². The molecule has 2 bridgehead atoms. The third-order valence-corrected chi connectivity index (χ3v) is 8.10. The van der Waals surface area contributed by atoms with Crippen LogP contribution < -0.4 is 0 Å². The van der Waals surface area contributed by atoms with Crippen LogP contribution in [0.1, 0.15) is 52.9 Å². The summed E-state index contributed by atoms with van der Waals surface area (Å²) >= 11 is 0. The van der Waals surface area contributed by atoms with Crippen molar-refractivity contribution < 1.29 is 24.1 Å². The molecule has 0 amide bonds. The molecule has 0 aromatic heterocycles. The fourth-order valence-electron chi connectivity index (χ4n) is 6.52. The Kier molecular flexibility index (Phi) is 5.33. The normalized spacial score (nSPS) is 50.2. The molecule has 3 rings (SSSR count). The zero-order chi connectivity index (χ0) is 18.4. The molecule has 3 aliphatic carbocycles. The molecule has 0 spiro atoms. The molecule has 5 heteroatoms. The zero-order valence-corrected chi connectivity index (χ0v) is 16.3. The van der Waals surface area contributed by atoms with Gasteiger partial charge in [0.25, 0.3) is 0 Å². The first-order chi connectivity index (χ1) is 11.8. The second kappa shape index (κ2) is 6.91. The summed E-state index contributed by atoms with van der Waals surface area (Å²) in [7, 11) is 3.40. The van der Waals surface area contributed by atoms with Crippen molar-refractivity contribution >= 4 is 5.78 Å². The maximum Gasteiger partial charge on any atom is 0.164 e. The van der Waals surface area contributed by atoms with Gasteiger partial charge in [0.2, 0.25) is 0 Å². The highest BCUT2D eigenvalue weighted by Crippen LogP contribution is 2.67. The van der Waals surface area contributed by atoms with Crippen LogP contribution >= 0.6 is 0 Å². The Morgan fingerprint density at radius 2 is 1.88 bits per heavy atom. The molecule has 3 aliphatic rings. The van der Waals surface area contributed by atoms with Gasteiger partial charge < -0.3 is 19.3 Å². The van der Waals surface area contributed by atoms with E-state index in [1.54, 1.807) is 14.2 Å². The summed E-state index contributed by atoms with van der Waals surface area (Å²) < 4.78 is 17.2. The van der Waals surface area contributed by atoms with Crippen molar-refractivity contribution in [3.8, 4) is 0 Å². The largest absolute Gasteiger partial charge is 0.385 e. The Bertz CT molecular complexity index is 508. The quantitative estimate of drug-likeness (QED) is 0.787. The van der Waals surface area contributed by atoms with E-state index in [2.05, 4.69) is 13.8 Å². The first-order valence-electron chi connectivity index (χ1n) is 9.68. The van der Waals surface area contributed by atoms with Crippen LogP contribution in [0.2, 0.25) is 0 Å². The Hall–Kier alpha value is -0.490. The summed E-state index contributed by atoms with van der Waals surface area (Å²) in [4.78, 5) is 13.0. The minimum Gasteiger partial charge on any atom is -0.385 e. The Labute approximate surface area is 151 Å². The molecule has 0 aromatic carbocycles. The van der Waals surface area contributed by atoms with Gasteiger partial charge in [0.05, 0.1) is 12.2 Å². The summed E-state index contributed by atoms with van der Waals surface area (Å²) in [6, 6.07) is 0. The minimum absolute atomic E-state index is 0.0237. The highest BCUT2D eigenvalue weighted by atomic mass is 16.7. The first-order valence-corrected chi connectivity index (χ1v) is 9.68. The van der Waals surface area contributed by atoms with Gasteiger partial charge in [-0.05, 0) is 42.9 Å². The van der Waals surface area contributed by atoms with Crippen LogP contribution in [0, 0.1) is 28.6 Å². The fourth-order valence-corrected chi connectivity index (χ4v) is 6.52. The second-order valence-electron chi connectivity index (χ2n) is 8.77. The van der Waals surface area contributed by atoms with E-state index in [1.165, 1.54) is 0 Å². The third kappa shape index (κ3) is 2.70. The van der Waals surface area contributed by atoms with Crippen LogP contribution in [0.25, 0.3) is 0 Å². The molecule has 144 valence electrons. The molecule has 3 saturated carbocycles. The lowest BCUT2D eigenvalue weighted by Crippen LogP contribution is -2.62. The summed E-state index contributed by atoms with van der Waals surface area (Å²) in [6.07, 6.45) is 3.41. The molecule has 5 nitrogen and oxygen atoms in total. The van der Waals surface area contributed by atoms with Crippen LogP contribution in [0.3, 0.4) is 0 Å². The number of rotatable bonds is 4. The summed E-state index contributed by atoms with van der Waals surface area (Å²) in [5.41, 5.74) is -0.237. The number of carbonyl (C=O) groups is 1. The topological polar surface area (TPSA) is 65.0 Å². The van der Waals surface area contributed by atoms with E-state index >= 15 is 0 Å². The number of carbonyl (C=O) groups excluding carboxylic acids is 1. The smallest absolute Gasteiger partial charge is 0.164 e. The Morgan fingerprint density at radius 1 is 1.20 bits per heavy atom. The number of Topliss-reactive ketones (excluding diaryl/α,β-unsaturated/α-hetero) is 1. The van der Waals surface area contributed by atoms with Gasteiger partial charge in [0.1, 0.15) is 12.9 Å². The standard InChI is InChI=1S/C20H34O5/c1-12-6-8-20-9-7-15(24-5)18(20)19(12,3)16(25-11-23-4)10-14(21)17(22)13(20)2/h12-16,18,21H,6-11H2,1-5H3/t12-,13+,14?,15-,16-,18?,19+,20?/m1/s1. The van der Waals surface area contributed by atoms with Gasteiger partial charge in [-0.15, -0.1) is 0 Å². The van der Waals surface area contributed by atoms with Crippen molar-refractivity contribution in [2.45, 2.75) is 71.2 Å². The van der Waals surface area contributed by atoms with E-state index in [1.807, 2.05) is 6.92 Å². The van der Waals surface area contributed by atoms with Crippen LogP contribution in [0.4, 0.5) is 0 Å². The number of hydrogen-bond acceptors (Lipinski definition) is 5. The van der Waals surface area contributed by atoms with Gasteiger partial charge in [0, 0.05) is 32.0 Å². The fraction of sp³-hybridized carbons (Fsp3) is 0.950. The molecule has 3 fully saturated rings. The molecule has 0 radical (unpaired) electrons. The van der Waals surface area contributed by atoms with Crippen molar-refractivity contribution in [2.75, 3.05) is 21.0 Å². The first kappa shape index (κ1) is 19.3. The second-order valence-corrected chi connectivity index (χ2v) is 8.77. The average molecular weight is 354 g/mol. The number of methoxy groups -OCH3 is 2. The average Bonchev–Trinajstić information content (AvgIpc) is 3.00. The molecule has 0 aromatic rings. The summed E-state index contributed by atoms with van der Waals surface area (Å²) in [5, 5.41) is 10.6. The molecule has 25 heavy (non-hydrogen) atoms. The number of aliphatic hydroxyl groups is 1. The van der Waals surface area contributed by atoms with Crippen molar-refractivity contribution in [2.24, 2.45) is 28.6 Å². The van der Waals surface area contributed by atoms with Gasteiger partial charge in [-0.2, -0.15) is 0 Å². The number of hydrogen-bond donors (Lipinski definition) is 1. The molecule has 3 unspecified atom stereocenters. The number of ketones is 1. The number of ether oxygens (including phenoxy) is 3. The highest BCUT2D eigenvalue weighted by Gasteiger charge is 2.66. The lowest BCUT2D eigenvalue weighted by Gasteiger charge is -2.60. The number of aliphatic hydroxyl groups excluding tert-OH is 1.